The molecule has 172 valence electrons. The zero-order valence-corrected chi connectivity index (χ0v) is 20.2. The molecule has 0 radical (unpaired) electrons. The van der Waals surface area contributed by atoms with Crippen LogP contribution in [0, 0.1) is 0 Å². The van der Waals surface area contributed by atoms with Crippen LogP contribution >= 0.6 is 23.2 Å². The molecule has 0 bridgehead atoms. The Hall–Kier alpha value is -1.86. The van der Waals surface area contributed by atoms with Crippen molar-refractivity contribution >= 4 is 34.9 Å². The highest BCUT2D eigenvalue weighted by atomic mass is 35.5. The number of benzene rings is 1. The number of aromatic nitrogens is 1. The fourth-order valence-electron chi connectivity index (χ4n) is 4.92. The van der Waals surface area contributed by atoms with Crippen molar-refractivity contribution in [3.8, 4) is 0 Å². The van der Waals surface area contributed by atoms with Gasteiger partial charge >= 0.3 is 0 Å². The zero-order valence-electron chi connectivity index (χ0n) is 18.7. The van der Waals surface area contributed by atoms with Crippen LogP contribution in [0.1, 0.15) is 35.7 Å². The average Bonchev–Trinajstić information content (AvgIpc) is 2.80. The summed E-state index contributed by atoms with van der Waals surface area (Å²) < 4.78 is 0. The number of rotatable bonds is 5. The van der Waals surface area contributed by atoms with Crippen molar-refractivity contribution < 1.29 is 4.79 Å². The molecule has 1 atom stereocenters. The van der Waals surface area contributed by atoms with Gasteiger partial charge in [0.15, 0.2) is 0 Å². The van der Waals surface area contributed by atoms with Crippen molar-refractivity contribution in [1.82, 2.24) is 20.1 Å². The predicted molar refractivity (Wildman–Crippen MR) is 131 cm³/mol. The standard InChI is InChI=1S/C24H31Cl2N5O/c1-17-15-30(23-22(26)13-19(14-28-23)24(32)27-2)11-12-31(17)20-7-9-29(10-8-20)16-18-5-3-4-6-21(18)25/h3-6,13-14,17,20H,7-12,15-16H2,1-2H3,(H,27,32)/t17-/m0/s1. The van der Waals surface area contributed by atoms with E-state index in [0.29, 0.717) is 22.7 Å². The van der Waals surface area contributed by atoms with E-state index in [1.165, 1.54) is 18.4 Å². The SMILES string of the molecule is CNC(=O)c1cnc(N2CCN(C3CCN(Cc4ccccc4Cl)CC3)[C@@H](C)C2)c(Cl)c1. The van der Waals surface area contributed by atoms with Crippen molar-refractivity contribution in [2.24, 2.45) is 0 Å². The van der Waals surface area contributed by atoms with E-state index in [1.54, 1.807) is 19.3 Å². The van der Waals surface area contributed by atoms with Crippen LogP contribution in [0.5, 0.6) is 0 Å². The van der Waals surface area contributed by atoms with Crippen LogP contribution < -0.4 is 10.2 Å². The highest BCUT2D eigenvalue weighted by Gasteiger charge is 2.32. The Balaban J connectivity index is 1.32. The summed E-state index contributed by atoms with van der Waals surface area (Å²) in [6.45, 7) is 8.16. The number of halogens is 2. The maximum absolute atomic E-state index is 11.8. The smallest absolute Gasteiger partial charge is 0.252 e. The van der Waals surface area contributed by atoms with Crippen LogP contribution in [0.25, 0.3) is 0 Å². The molecule has 2 saturated heterocycles. The molecule has 0 saturated carbocycles. The topological polar surface area (TPSA) is 51.7 Å². The zero-order chi connectivity index (χ0) is 22.7. The van der Waals surface area contributed by atoms with Crippen molar-refractivity contribution in [2.45, 2.75) is 38.4 Å². The number of amides is 1. The second-order valence-electron chi connectivity index (χ2n) is 8.74. The van der Waals surface area contributed by atoms with Crippen molar-refractivity contribution in [2.75, 3.05) is 44.7 Å². The maximum Gasteiger partial charge on any atom is 0.252 e. The molecule has 0 unspecified atom stereocenters. The summed E-state index contributed by atoms with van der Waals surface area (Å²) in [6.07, 6.45) is 3.95. The highest BCUT2D eigenvalue weighted by Crippen LogP contribution is 2.29. The summed E-state index contributed by atoms with van der Waals surface area (Å²) in [5.41, 5.74) is 1.69. The number of pyridine rings is 1. The van der Waals surface area contributed by atoms with Gasteiger partial charge in [0.25, 0.3) is 5.91 Å². The Morgan fingerprint density at radius 2 is 1.88 bits per heavy atom. The molecule has 1 aromatic heterocycles. The number of hydrogen-bond donors (Lipinski definition) is 1. The third-order valence-electron chi connectivity index (χ3n) is 6.67. The first-order chi connectivity index (χ1) is 15.5. The van der Waals surface area contributed by atoms with Gasteiger partial charge in [0.05, 0.1) is 10.6 Å². The van der Waals surface area contributed by atoms with E-state index < -0.39 is 0 Å². The highest BCUT2D eigenvalue weighted by molar-refractivity contribution is 6.33. The van der Waals surface area contributed by atoms with Gasteiger partial charge < -0.3 is 10.2 Å². The molecule has 1 aromatic carbocycles. The molecule has 2 aliphatic rings. The third-order valence-corrected chi connectivity index (χ3v) is 7.31. The number of carbonyl (C=O) groups is 1. The van der Waals surface area contributed by atoms with Gasteiger partial charge in [-0.25, -0.2) is 4.98 Å². The monoisotopic (exact) mass is 475 g/mol. The van der Waals surface area contributed by atoms with E-state index in [1.807, 2.05) is 12.1 Å². The van der Waals surface area contributed by atoms with E-state index in [2.05, 4.69) is 44.1 Å². The molecular formula is C24H31Cl2N5O. The first-order valence-electron chi connectivity index (χ1n) is 11.3. The number of nitrogens with one attached hydrogen (secondary N) is 1. The average molecular weight is 476 g/mol. The Bertz CT molecular complexity index is 948. The van der Waals surface area contributed by atoms with E-state index in [9.17, 15) is 4.79 Å². The molecule has 2 aliphatic heterocycles. The van der Waals surface area contributed by atoms with Gasteiger partial charge in [0.1, 0.15) is 5.82 Å². The van der Waals surface area contributed by atoms with Gasteiger partial charge in [-0.1, -0.05) is 41.4 Å². The lowest BCUT2D eigenvalue weighted by Gasteiger charge is -2.47. The van der Waals surface area contributed by atoms with Crippen molar-refractivity contribution in [3.05, 3.63) is 57.7 Å². The van der Waals surface area contributed by atoms with E-state index in [0.717, 1.165) is 50.1 Å². The molecule has 1 N–H and O–H groups in total. The number of anilines is 1. The summed E-state index contributed by atoms with van der Waals surface area (Å²) in [4.78, 5) is 23.7. The second kappa shape index (κ2) is 10.4. The Morgan fingerprint density at radius 3 is 2.53 bits per heavy atom. The van der Waals surface area contributed by atoms with Crippen LogP contribution in [-0.2, 0) is 6.54 Å². The van der Waals surface area contributed by atoms with Gasteiger partial charge in [-0.2, -0.15) is 0 Å². The fraction of sp³-hybridized carbons (Fsp3) is 0.500. The molecule has 8 heteroatoms. The molecule has 6 nitrogen and oxygen atoms in total. The van der Waals surface area contributed by atoms with Gasteiger partial charge in [0, 0.05) is 56.5 Å². The fourth-order valence-corrected chi connectivity index (χ4v) is 5.40. The Kier molecular flexibility index (Phi) is 7.56. The third kappa shape index (κ3) is 5.20. The number of carbonyl (C=O) groups excluding carboxylic acids is 1. The Labute approximate surface area is 200 Å². The predicted octanol–water partition coefficient (Wildman–Crippen LogP) is 3.92. The van der Waals surface area contributed by atoms with Gasteiger partial charge in [-0.3, -0.25) is 14.6 Å². The van der Waals surface area contributed by atoms with Crippen LogP contribution in [0.2, 0.25) is 10.0 Å². The van der Waals surface area contributed by atoms with E-state index in [-0.39, 0.29) is 5.91 Å². The molecule has 32 heavy (non-hydrogen) atoms. The molecule has 4 rings (SSSR count). The minimum absolute atomic E-state index is 0.176. The molecule has 0 aliphatic carbocycles. The molecule has 1 amide bonds. The lowest BCUT2D eigenvalue weighted by molar-refractivity contribution is 0.0690. The van der Waals surface area contributed by atoms with E-state index in [4.69, 9.17) is 23.2 Å². The first-order valence-corrected chi connectivity index (χ1v) is 12.1. The quantitative estimate of drug-likeness (QED) is 0.709. The van der Waals surface area contributed by atoms with Gasteiger partial charge in [0.2, 0.25) is 0 Å². The summed E-state index contributed by atoms with van der Waals surface area (Å²) in [6, 6.07) is 10.9. The summed E-state index contributed by atoms with van der Waals surface area (Å²) in [5, 5.41) is 3.99. The maximum atomic E-state index is 11.8. The lowest BCUT2D eigenvalue weighted by atomic mass is 9.99. The van der Waals surface area contributed by atoms with Gasteiger partial charge in [-0.15, -0.1) is 0 Å². The second-order valence-corrected chi connectivity index (χ2v) is 9.55. The molecule has 2 fully saturated rings. The number of piperazine rings is 1. The largest absolute Gasteiger partial charge is 0.355 e. The normalized spacial score (nSPS) is 21.0. The number of likely N-dealkylation sites (tertiary alicyclic amines) is 1. The summed E-state index contributed by atoms with van der Waals surface area (Å²) >= 11 is 12.8. The van der Waals surface area contributed by atoms with Crippen molar-refractivity contribution in [1.29, 1.82) is 0 Å². The van der Waals surface area contributed by atoms with Crippen LogP contribution in [-0.4, -0.2) is 72.5 Å². The molecule has 0 spiro atoms. The minimum Gasteiger partial charge on any atom is -0.355 e. The van der Waals surface area contributed by atoms with Gasteiger partial charge in [-0.05, 0) is 50.6 Å². The summed E-state index contributed by atoms with van der Waals surface area (Å²) in [7, 11) is 1.60. The van der Waals surface area contributed by atoms with Crippen LogP contribution in [0.3, 0.4) is 0 Å². The van der Waals surface area contributed by atoms with Crippen molar-refractivity contribution in [3.63, 3.8) is 0 Å². The number of piperidine rings is 1. The van der Waals surface area contributed by atoms with Crippen LogP contribution in [0.4, 0.5) is 5.82 Å². The number of nitrogens with zero attached hydrogens (tertiary/aromatic N) is 4. The Morgan fingerprint density at radius 1 is 1.12 bits per heavy atom. The first kappa shape index (κ1) is 23.3. The molecule has 3 heterocycles. The minimum atomic E-state index is -0.176. The van der Waals surface area contributed by atoms with Crippen LogP contribution in [0.15, 0.2) is 36.5 Å². The van der Waals surface area contributed by atoms with E-state index >= 15 is 0 Å². The summed E-state index contributed by atoms with van der Waals surface area (Å²) in [5.74, 6) is 0.588. The molecule has 2 aromatic rings. The molecular weight excluding hydrogens is 445 g/mol. The lowest BCUT2D eigenvalue weighted by Crippen LogP contribution is -2.57. The number of hydrogen-bond acceptors (Lipinski definition) is 5.